The van der Waals surface area contributed by atoms with Crippen LogP contribution in [0.2, 0.25) is 5.02 Å². The quantitative estimate of drug-likeness (QED) is 0.356. The topological polar surface area (TPSA) is 59.1 Å². The Morgan fingerprint density at radius 1 is 0.757 bits per heavy atom. The van der Waals surface area contributed by atoms with Crippen LogP contribution in [0.3, 0.4) is 0 Å². The summed E-state index contributed by atoms with van der Waals surface area (Å²) in [6.45, 7) is 12.3. The number of likely N-dealkylation sites (N-methyl/N-ethyl adjacent to an activating group) is 2. The standard InChI is InChI=1S/C14H20ClNO2S.C14H21NO2S/c1-14(2,3)18-13(17)16(4)8-7-10-9-11(15)5-6-12(10)19;1-14(2,3)17-13(16)15(4)10-9-11-7-5-6-8-12(11)18/h5-6,9,19H,7-8H2,1-4H3;5-8,18H,9-10H2,1-4H3. The van der Waals surface area contributed by atoms with Crippen LogP contribution in [-0.2, 0) is 22.3 Å². The van der Waals surface area contributed by atoms with E-state index in [1.807, 2.05) is 77.9 Å². The van der Waals surface area contributed by atoms with Crippen molar-refractivity contribution in [1.82, 2.24) is 9.80 Å². The zero-order valence-electron chi connectivity index (χ0n) is 23.2. The van der Waals surface area contributed by atoms with Crippen molar-refractivity contribution in [3.63, 3.8) is 0 Å². The van der Waals surface area contributed by atoms with E-state index in [0.29, 0.717) is 24.5 Å². The smallest absolute Gasteiger partial charge is 0.410 e. The Labute approximate surface area is 238 Å². The number of benzene rings is 2. The van der Waals surface area contributed by atoms with E-state index in [2.05, 4.69) is 25.3 Å². The van der Waals surface area contributed by atoms with Gasteiger partial charge in [0.15, 0.2) is 0 Å². The number of ether oxygens (including phenoxy) is 2. The molecule has 0 aliphatic carbocycles. The van der Waals surface area contributed by atoms with Crippen molar-refractivity contribution in [3.05, 3.63) is 58.6 Å². The Bertz CT molecular complexity index is 1040. The Morgan fingerprint density at radius 3 is 1.65 bits per heavy atom. The number of carbonyl (C=O) groups excluding carboxylic acids is 2. The molecular formula is C28H41ClN2O4S2. The summed E-state index contributed by atoms with van der Waals surface area (Å²) in [5.74, 6) is 0. The maximum Gasteiger partial charge on any atom is 0.410 e. The minimum absolute atomic E-state index is 0.292. The monoisotopic (exact) mass is 568 g/mol. The van der Waals surface area contributed by atoms with E-state index in [0.717, 1.165) is 27.3 Å². The molecule has 0 saturated heterocycles. The molecular weight excluding hydrogens is 528 g/mol. The van der Waals surface area contributed by atoms with E-state index in [-0.39, 0.29) is 12.2 Å². The van der Waals surface area contributed by atoms with Gasteiger partial charge in [0.25, 0.3) is 0 Å². The number of carbonyl (C=O) groups is 2. The maximum absolute atomic E-state index is 11.8. The second kappa shape index (κ2) is 14.8. The van der Waals surface area contributed by atoms with Gasteiger partial charge in [-0.25, -0.2) is 9.59 Å². The SMILES string of the molecule is CN(CCc1cc(Cl)ccc1S)C(=O)OC(C)(C)C.CN(CCc1ccccc1S)C(=O)OC(C)(C)C. The first-order valence-corrected chi connectivity index (χ1v) is 13.4. The summed E-state index contributed by atoms with van der Waals surface area (Å²) in [6.07, 6.45) is 0.847. The number of halogens is 1. The first kappa shape index (κ1) is 33.0. The zero-order valence-corrected chi connectivity index (χ0v) is 25.7. The van der Waals surface area contributed by atoms with Gasteiger partial charge < -0.3 is 19.3 Å². The molecule has 0 aromatic heterocycles. The number of thiol groups is 2. The molecule has 0 radical (unpaired) electrons. The molecule has 0 unspecified atom stereocenters. The molecule has 0 N–H and O–H groups in total. The van der Waals surface area contributed by atoms with Crippen molar-refractivity contribution >= 4 is 49.0 Å². The average molecular weight is 569 g/mol. The number of rotatable bonds is 6. The molecule has 6 nitrogen and oxygen atoms in total. The Morgan fingerprint density at radius 2 is 1.19 bits per heavy atom. The van der Waals surface area contributed by atoms with E-state index < -0.39 is 11.2 Å². The fourth-order valence-corrected chi connectivity index (χ4v) is 3.63. The maximum atomic E-state index is 11.8. The van der Waals surface area contributed by atoms with E-state index in [1.54, 1.807) is 30.0 Å². The highest BCUT2D eigenvalue weighted by atomic mass is 35.5. The molecule has 0 spiro atoms. The molecule has 0 bridgehead atoms. The molecule has 2 amide bonds. The fraction of sp³-hybridized carbons (Fsp3) is 0.500. The lowest BCUT2D eigenvalue weighted by molar-refractivity contribution is 0.0290. The van der Waals surface area contributed by atoms with E-state index >= 15 is 0 Å². The van der Waals surface area contributed by atoms with Gasteiger partial charge in [0.1, 0.15) is 11.2 Å². The highest BCUT2D eigenvalue weighted by molar-refractivity contribution is 7.80. The highest BCUT2D eigenvalue weighted by Crippen LogP contribution is 2.20. The Kier molecular flexibility index (Phi) is 13.2. The van der Waals surface area contributed by atoms with Crippen molar-refractivity contribution in [1.29, 1.82) is 0 Å². The van der Waals surface area contributed by atoms with Gasteiger partial charge in [-0.05, 0) is 89.8 Å². The van der Waals surface area contributed by atoms with E-state index in [1.165, 1.54) is 0 Å². The van der Waals surface area contributed by atoms with Crippen molar-refractivity contribution in [3.8, 4) is 0 Å². The summed E-state index contributed by atoms with van der Waals surface area (Å²) in [7, 11) is 3.46. The van der Waals surface area contributed by atoms with Crippen LogP contribution in [-0.4, -0.2) is 60.4 Å². The lowest BCUT2D eigenvalue weighted by atomic mass is 10.1. The largest absolute Gasteiger partial charge is 0.444 e. The number of amides is 2. The normalized spacial score (nSPS) is 11.2. The van der Waals surface area contributed by atoms with Crippen molar-refractivity contribution < 1.29 is 19.1 Å². The van der Waals surface area contributed by atoms with Gasteiger partial charge in [-0.3, -0.25) is 0 Å². The lowest BCUT2D eigenvalue weighted by Crippen LogP contribution is -2.35. The fourth-order valence-electron chi connectivity index (χ4n) is 2.92. The summed E-state index contributed by atoms with van der Waals surface area (Å²) in [5, 5.41) is 0.674. The molecule has 9 heteroatoms. The van der Waals surface area contributed by atoms with Crippen LogP contribution in [0.25, 0.3) is 0 Å². The Balaban J connectivity index is 0.000000371. The molecule has 0 atom stereocenters. The minimum atomic E-state index is -0.476. The lowest BCUT2D eigenvalue weighted by Gasteiger charge is -2.24. The first-order valence-electron chi connectivity index (χ1n) is 12.1. The third-order valence-electron chi connectivity index (χ3n) is 4.88. The van der Waals surface area contributed by atoms with E-state index in [9.17, 15) is 9.59 Å². The van der Waals surface area contributed by atoms with Gasteiger partial charge in [-0.15, -0.1) is 25.3 Å². The number of hydrogen-bond donors (Lipinski definition) is 2. The Hall–Kier alpha value is -2.03. The second-order valence-corrected chi connectivity index (χ2v) is 12.1. The van der Waals surface area contributed by atoms with Crippen LogP contribution in [0.4, 0.5) is 9.59 Å². The minimum Gasteiger partial charge on any atom is -0.444 e. The molecule has 0 aliphatic rings. The highest BCUT2D eigenvalue weighted by Gasteiger charge is 2.20. The predicted molar refractivity (Wildman–Crippen MR) is 158 cm³/mol. The van der Waals surface area contributed by atoms with Crippen LogP contribution >= 0.6 is 36.9 Å². The summed E-state index contributed by atoms with van der Waals surface area (Å²) >= 11 is 14.7. The van der Waals surface area contributed by atoms with Crippen molar-refractivity contribution in [2.24, 2.45) is 0 Å². The molecule has 0 heterocycles. The van der Waals surface area contributed by atoms with Crippen LogP contribution in [0, 0.1) is 0 Å². The molecule has 0 saturated carbocycles. The molecule has 206 valence electrons. The summed E-state index contributed by atoms with van der Waals surface area (Å²) in [6, 6.07) is 13.4. The third-order valence-corrected chi connectivity index (χ3v) is 5.98. The van der Waals surface area contributed by atoms with Crippen molar-refractivity contribution in [2.75, 3.05) is 27.2 Å². The van der Waals surface area contributed by atoms with Gasteiger partial charge in [0, 0.05) is 42.0 Å². The average Bonchev–Trinajstić information content (AvgIpc) is 2.76. The molecule has 2 aromatic carbocycles. The molecule has 0 fully saturated rings. The molecule has 0 aliphatic heterocycles. The molecule has 37 heavy (non-hydrogen) atoms. The first-order chi connectivity index (χ1) is 17.0. The summed E-state index contributed by atoms with van der Waals surface area (Å²) in [5.41, 5.74) is 1.23. The van der Waals surface area contributed by atoms with E-state index in [4.69, 9.17) is 21.1 Å². The summed E-state index contributed by atoms with van der Waals surface area (Å²) in [4.78, 5) is 28.5. The molecule has 2 rings (SSSR count). The van der Waals surface area contributed by atoms with Gasteiger partial charge in [-0.2, -0.15) is 0 Å². The number of hydrogen-bond acceptors (Lipinski definition) is 6. The van der Waals surface area contributed by atoms with Crippen LogP contribution in [0.15, 0.2) is 52.3 Å². The molecule has 2 aromatic rings. The van der Waals surface area contributed by atoms with Crippen LogP contribution in [0.5, 0.6) is 0 Å². The number of nitrogens with zero attached hydrogens (tertiary/aromatic N) is 2. The summed E-state index contributed by atoms with van der Waals surface area (Å²) < 4.78 is 10.6. The van der Waals surface area contributed by atoms with Gasteiger partial charge in [-0.1, -0.05) is 29.8 Å². The van der Waals surface area contributed by atoms with Crippen molar-refractivity contribution in [2.45, 2.75) is 75.4 Å². The van der Waals surface area contributed by atoms with Crippen LogP contribution < -0.4 is 0 Å². The third kappa shape index (κ3) is 13.9. The zero-order chi connectivity index (χ0) is 28.4. The second-order valence-electron chi connectivity index (χ2n) is 10.7. The van der Waals surface area contributed by atoms with Gasteiger partial charge in [0.05, 0.1) is 0 Å². The van der Waals surface area contributed by atoms with Gasteiger partial charge in [0.2, 0.25) is 0 Å². The predicted octanol–water partition coefficient (Wildman–Crippen LogP) is 7.42. The van der Waals surface area contributed by atoms with Crippen LogP contribution in [0.1, 0.15) is 52.7 Å². The van der Waals surface area contributed by atoms with Gasteiger partial charge >= 0.3 is 12.2 Å².